The number of aryl methyl sites for hydroxylation is 1. The van der Waals surface area contributed by atoms with Crippen molar-refractivity contribution >= 4 is 11.8 Å². The highest BCUT2D eigenvalue weighted by Crippen LogP contribution is 2.28. The highest BCUT2D eigenvalue weighted by Gasteiger charge is 2.15. The van der Waals surface area contributed by atoms with E-state index in [1.54, 1.807) is 25.0 Å². The molecule has 24 heavy (non-hydrogen) atoms. The van der Waals surface area contributed by atoms with Crippen LogP contribution in [0.4, 0.5) is 10.6 Å². The first-order chi connectivity index (χ1) is 11.6. The van der Waals surface area contributed by atoms with Gasteiger partial charge < -0.3 is 18.9 Å². The van der Waals surface area contributed by atoms with Crippen LogP contribution >= 0.6 is 0 Å². The van der Waals surface area contributed by atoms with Crippen molar-refractivity contribution in [2.75, 3.05) is 25.6 Å². The van der Waals surface area contributed by atoms with Crippen LogP contribution in [-0.2, 0) is 6.54 Å². The standard InChI is InChI=1S/C17H23N3O4/c1-5-20(17(21)18-16-9-12(3)24-19-16)11-13-7-8-14(23-6-2)15(10-13)22-4/h7-10H,5-6,11H2,1-4H3,(H,18,19,21). The maximum atomic E-state index is 12.4. The Bertz CT molecular complexity index is 684. The number of hydrogen-bond donors (Lipinski definition) is 1. The molecule has 1 aromatic heterocycles. The van der Waals surface area contributed by atoms with Crippen molar-refractivity contribution in [3.05, 3.63) is 35.6 Å². The fourth-order valence-corrected chi connectivity index (χ4v) is 2.25. The lowest BCUT2D eigenvalue weighted by atomic mass is 10.2. The highest BCUT2D eigenvalue weighted by atomic mass is 16.5. The van der Waals surface area contributed by atoms with E-state index in [1.807, 2.05) is 32.0 Å². The van der Waals surface area contributed by atoms with E-state index < -0.39 is 0 Å². The molecule has 2 amide bonds. The normalized spacial score (nSPS) is 10.3. The zero-order valence-electron chi connectivity index (χ0n) is 14.5. The fraction of sp³-hybridized carbons (Fsp3) is 0.412. The lowest BCUT2D eigenvalue weighted by Crippen LogP contribution is -2.34. The molecule has 0 unspecified atom stereocenters. The lowest BCUT2D eigenvalue weighted by molar-refractivity contribution is 0.212. The molecule has 0 saturated carbocycles. The Morgan fingerprint density at radius 1 is 1.29 bits per heavy atom. The van der Waals surface area contributed by atoms with Crippen molar-refractivity contribution < 1.29 is 18.8 Å². The van der Waals surface area contributed by atoms with Gasteiger partial charge in [-0.15, -0.1) is 0 Å². The number of aromatic nitrogens is 1. The third-order valence-electron chi connectivity index (χ3n) is 3.43. The molecule has 0 saturated heterocycles. The summed E-state index contributed by atoms with van der Waals surface area (Å²) in [6, 6.07) is 7.08. The van der Waals surface area contributed by atoms with Crippen LogP contribution < -0.4 is 14.8 Å². The Labute approximate surface area is 141 Å². The van der Waals surface area contributed by atoms with Gasteiger partial charge in [-0.1, -0.05) is 11.2 Å². The Kier molecular flexibility index (Phi) is 6.06. The number of rotatable bonds is 7. The molecule has 2 rings (SSSR count). The summed E-state index contributed by atoms with van der Waals surface area (Å²) in [5, 5.41) is 6.49. The number of urea groups is 1. The number of carbonyl (C=O) groups is 1. The van der Waals surface area contributed by atoms with Gasteiger partial charge in [0.1, 0.15) is 5.76 Å². The number of nitrogens with zero attached hydrogens (tertiary/aromatic N) is 2. The van der Waals surface area contributed by atoms with E-state index in [4.69, 9.17) is 14.0 Å². The molecule has 1 N–H and O–H groups in total. The van der Waals surface area contributed by atoms with Crippen LogP contribution in [0.15, 0.2) is 28.8 Å². The molecule has 0 aliphatic heterocycles. The van der Waals surface area contributed by atoms with E-state index in [9.17, 15) is 4.79 Å². The van der Waals surface area contributed by atoms with Crippen molar-refractivity contribution in [3.8, 4) is 11.5 Å². The highest BCUT2D eigenvalue weighted by molar-refractivity contribution is 5.88. The van der Waals surface area contributed by atoms with Gasteiger partial charge in [0.2, 0.25) is 0 Å². The van der Waals surface area contributed by atoms with Gasteiger partial charge in [0, 0.05) is 19.2 Å². The molecule has 1 heterocycles. The predicted octanol–water partition coefficient (Wildman–Crippen LogP) is 3.44. The summed E-state index contributed by atoms with van der Waals surface area (Å²) in [7, 11) is 1.60. The number of benzene rings is 1. The molecule has 0 bridgehead atoms. The molecule has 2 aromatic rings. The Hall–Kier alpha value is -2.70. The largest absolute Gasteiger partial charge is 0.493 e. The van der Waals surface area contributed by atoms with Crippen LogP contribution in [-0.4, -0.2) is 36.3 Å². The average molecular weight is 333 g/mol. The molecule has 0 radical (unpaired) electrons. The SMILES string of the molecule is CCOc1ccc(CN(CC)C(=O)Nc2cc(C)on2)cc1OC. The number of amides is 2. The Balaban J connectivity index is 2.07. The van der Waals surface area contributed by atoms with E-state index in [0.717, 1.165) is 5.56 Å². The molecule has 130 valence electrons. The summed E-state index contributed by atoms with van der Waals surface area (Å²) in [6.45, 7) is 7.17. The Morgan fingerprint density at radius 2 is 2.08 bits per heavy atom. The molecule has 7 nitrogen and oxygen atoms in total. The molecule has 1 aromatic carbocycles. The van der Waals surface area contributed by atoms with Crippen LogP contribution in [0.2, 0.25) is 0 Å². The van der Waals surface area contributed by atoms with Gasteiger partial charge in [0.15, 0.2) is 17.3 Å². The first-order valence-corrected chi connectivity index (χ1v) is 7.86. The quantitative estimate of drug-likeness (QED) is 0.840. The van der Waals surface area contributed by atoms with Gasteiger partial charge in [0.05, 0.1) is 13.7 Å². The second-order valence-electron chi connectivity index (χ2n) is 5.19. The lowest BCUT2D eigenvalue weighted by Gasteiger charge is -2.21. The van der Waals surface area contributed by atoms with Crippen LogP contribution in [0.3, 0.4) is 0 Å². The fourth-order valence-electron chi connectivity index (χ4n) is 2.25. The van der Waals surface area contributed by atoms with E-state index in [2.05, 4.69) is 10.5 Å². The number of anilines is 1. The van der Waals surface area contributed by atoms with Gasteiger partial charge in [-0.25, -0.2) is 4.79 Å². The predicted molar refractivity (Wildman–Crippen MR) is 90.5 cm³/mol. The van der Waals surface area contributed by atoms with Gasteiger partial charge in [-0.2, -0.15) is 0 Å². The monoisotopic (exact) mass is 333 g/mol. The van der Waals surface area contributed by atoms with Crippen molar-refractivity contribution in [2.45, 2.75) is 27.3 Å². The maximum Gasteiger partial charge on any atom is 0.323 e. The molecule has 0 aliphatic rings. The van der Waals surface area contributed by atoms with Crippen molar-refractivity contribution in [3.63, 3.8) is 0 Å². The number of carbonyl (C=O) groups excluding carboxylic acids is 1. The van der Waals surface area contributed by atoms with Crippen molar-refractivity contribution in [2.24, 2.45) is 0 Å². The molecule has 0 aliphatic carbocycles. The van der Waals surface area contributed by atoms with Crippen LogP contribution in [0.5, 0.6) is 11.5 Å². The summed E-state index contributed by atoms with van der Waals surface area (Å²) >= 11 is 0. The first-order valence-electron chi connectivity index (χ1n) is 7.86. The van der Waals surface area contributed by atoms with Gasteiger partial charge in [0.25, 0.3) is 0 Å². The number of methoxy groups -OCH3 is 1. The summed E-state index contributed by atoms with van der Waals surface area (Å²) in [4.78, 5) is 14.0. The average Bonchev–Trinajstić information content (AvgIpc) is 2.98. The number of hydrogen-bond acceptors (Lipinski definition) is 5. The minimum absolute atomic E-state index is 0.237. The minimum Gasteiger partial charge on any atom is -0.493 e. The number of ether oxygens (including phenoxy) is 2. The second-order valence-corrected chi connectivity index (χ2v) is 5.19. The molecule has 0 spiro atoms. The third kappa shape index (κ3) is 4.41. The van der Waals surface area contributed by atoms with Gasteiger partial charge in [-0.3, -0.25) is 5.32 Å². The topological polar surface area (TPSA) is 76.8 Å². The molecule has 0 atom stereocenters. The van der Waals surface area contributed by atoms with E-state index in [0.29, 0.717) is 42.8 Å². The van der Waals surface area contributed by atoms with E-state index >= 15 is 0 Å². The van der Waals surface area contributed by atoms with Crippen LogP contribution in [0.25, 0.3) is 0 Å². The third-order valence-corrected chi connectivity index (χ3v) is 3.43. The summed E-state index contributed by atoms with van der Waals surface area (Å²) < 4.78 is 15.8. The number of nitrogens with one attached hydrogen (secondary N) is 1. The van der Waals surface area contributed by atoms with E-state index in [-0.39, 0.29) is 6.03 Å². The molecular weight excluding hydrogens is 310 g/mol. The van der Waals surface area contributed by atoms with Gasteiger partial charge >= 0.3 is 6.03 Å². The molecule has 7 heteroatoms. The summed E-state index contributed by atoms with van der Waals surface area (Å²) in [6.07, 6.45) is 0. The van der Waals surface area contributed by atoms with Crippen molar-refractivity contribution in [1.82, 2.24) is 10.1 Å². The zero-order chi connectivity index (χ0) is 17.5. The summed E-state index contributed by atoms with van der Waals surface area (Å²) in [5.41, 5.74) is 0.948. The maximum absolute atomic E-state index is 12.4. The minimum atomic E-state index is -0.237. The van der Waals surface area contributed by atoms with Crippen LogP contribution in [0, 0.1) is 6.92 Å². The molecular formula is C17H23N3O4. The second kappa shape index (κ2) is 8.24. The van der Waals surface area contributed by atoms with E-state index in [1.165, 1.54) is 0 Å². The van der Waals surface area contributed by atoms with Crippen molar-refractivity contribution in [1.29, 1.82) is 0 Å². The summed E-state index contributed by atoms with van der Waals surface area (Å²) in [5.74, 6) is 2.39. The smallest absolute Gasteiger partial charge is 0.323 e. The Morgan fingerprint density at radius 3 is 2.67 bits per heavy atom. The van der Waals surface area contributed by atoms with Gasteiger partial charge in [-0.05, 0) is 38.5 Å². The zero-order valence-corrected chi connectivity index (χ0v) is 14.5. The van der Waals surface area contributed by atoms with Crippen LogP contribution in [0.1, 0.15) is 25.2 Å². The molecule has 0 fully saturated rings. The first kappa shape index (κ1) is 17.7.